The first-order valence-electron chi connectivity index (χ1n) is 12.4. The van der Waals surface area contributed by atoms with Crippen molar-refractivity contribution < 1.29 is 5.11 Å². The number of fused-ring (bicyclic) bond motifs is 5. The SMILES string of the molecule is CC(C)C(C)/C=C/C(C)C1CCC2C3=CC=C4CC(O)CC[C@@]4(C)C3CCC21C. The Labute approximate surface area is 179 Å². The van der Waals surface area contributed by atoms with Crippen LogP contribution in [-0.4, -0.2) is 11.2 Å². The number of aliphatic hydroxyl groups is 1. The maximum absolute atomic E-state index is 10.2. The van der Waals surface area contributed by atoms with Crippen molar-refractivity contribution in [2.24, 2.45) is 46.3 Å². The van der Waals surface area contributed by atoms with E-state index >= 15 is 0 Å². The van der Waals surface area contributed by atoms with Crippen molar-refractivity contribution >= 4 is 0 Å². The fourth-order valence-electron chi connectivity index (χ4n) is 7.59. The van der Waals surface area contributed by atoms with Crippen molar-refractivity contribution in [3.05, 3.63) is 35.5 Å². The summed E-state index contributed by atoms with van der Waals surface area (Å²) in [5.41, 5.74) is 4.07. The van der Waals surface area contributed by atoms with Crippen LogP contribution in [0.2, 0.25) is 0 Å². The molecule has 8 atom stereocenters. The molecule has 0 saturated heterocycles. The number of aliphatic hydroxyl groups excluding tert-OH is 1. The van der Waals surface area contributed by atoms with Crippen molar-refractivity contribution in [2.75, 3.05) is 0 Å². The molecule has 0 radical (unpaired) electrons. The molecule has 1 heteroatoms. The Morgan fingerprint density at radius 1 is 0.931 bits per heavy atom. The van der Waals surface area contributed by atoms with Crippen LogP contribution in [0.1, 0.15) is 86.5 Å². The Morgan fingerprint density at radius 3 is 2.41 bits per heavy atom. The Kier molecular flexibility index (Phi) is 5.69. The predicted octanol–water partition coefficient (Wildman–Crippen LogP) is 7.33. The summed E-state index contributed by atoms with van der Waals surface area (Å²) in [5, 5.41) is 10.2. The Morgan fingerprint density at radius 2 is 1.69 bits per heavy atom. The minimum Gasteiger partial charge on any atom is -0.393 e. The lowest BCUT2D eigenvalue weighted by Crippen LogP contribution is -2.46. The van der Waals surface area contributed by atoms with Crippen LogP contribution in [0, 0.1) is 46.3 Å². The lowest BCUT2D eigenvalue weighted by molar-refractivity contribution is 0.0382. The summed E-state index contributed by atoms with van der Waals surface area (Å²) < 4.78 is 0. The molecule has 0 aromatic rings. The summed E-state index contributed by atoms with van der Waals surface area (Å²) in [4.78, 5) is 0. The van der Waals surface area contributed by atoms with Crippen LogP contribution in [0.25, 0.3) is 0 Å². The monoisotopic (exact) mass is 396 g/mol. The normalized spacial score (nSPS) is 44.0. The van der Waals surface area contributed by atoms with E-state index in [2.05, 4.69) is 65.8 Å². The van der Waals surface area contributed by atoms with Gasteiger partial charge in [-0.25, -0.2) is 0 Å². The van der Waals surface area contributed by atoms with Crippen LogP contribution >= 0.6 is 0 Å². The molecule has 3 fully saturated rings. The second kappa shape index (κ2) is 7.70. The molecule has 3 saturated carbocycles. The second-order valence-corrected chi connectivity index (χ2v) is 11.9. The Hall–Kier alpha value is -0.820. The highest BCUT2D eigenvalue weighted by atomic mass is 16.3. The van der Waals surface area contributed by atoms with E-state index in [4.69, 9.17) is 0 Å². The third kappa shape index (κ3) is 3.50. The van der Waals surface area contributed by atoms with Crippen molar-refractivity contribution in [1.29, 1.82) is 0 Å². The van der Waals surface area contributed by atoms with Gasteiger partial charge in [0.05, 0.1) is 6.10 Å². The van der Waals surface area contributed by atoms with Crippen molar-refractivity contribution in [3.8, 4) is 0 Å². The fraction of sp³-hybridized carbons (Fsp3) is 0.786. The quantitative estimate of drug-likeness (QED) is 0.493. The van der Waals surface area contributed by atoms with Crippen LogP contribution in [0.15, 0.2) is 35.5 Å². The van der Waals surface area contributed by atoms with Gasteiger partial charge in [0.15, 0.2) is 0 Å². The maximum atomic E-state index is 10.2. The molecule has 7 unspecified atom stereocenters. The number of allylic oxidation sites excluding steroid dienone is 5. The third-order valence-electron chi connectivity index (χ3n) is 10.0. The predicted molar refractivity (Wildman–Crippen MR) is 123 cm³/mol. The van der Waals surface area contributed by atoms with E-state index in [1.54, 1.807) is 5.57 Å². The lowest BCUT2D eigenvalue weighted by Gasteiger charge is -2.55. The van der Waals surface area contributed by atoms with Crippen LogP contribution in [0.4, 0.5) is 0 Å². The summed E-state index contributed by atoms with van der Waals surface area (Å²) in [6.45, 7) is 14.6. The summed E-state index contributed by atoms with van der Waals surface area (Å²) in [7, 11) is 0. The zero-order chi connectivity index (χ0) is 21.0. The van der Waals surface area contributed by atoms with Gasteiger partial charge in [0.25, 0.3) is 0 Å². The molecule has 4 rings (SSSR count). The first-order chi connectivity index (χ1) is 13.7. The molecule has 0 aliphatic heterocycles. The van der Waals surface area contributed by atoms with E-state index in [1.807, 2.05) is 0 Å². The maximum Gasteiger partial charge on any atom is 0.0578 e. The topological polar surface area (TPSA) is 20.2 Å². The smallest absolute Gasteiger partial charge is 0.0578 e. The Balaban J connectivity index is 1.57. The molecule has 0 heterocycles. The van der Waals surface area contributed by atoms with Gasteiger partial charge in [-0.15, -0.1) is 0 Å². The zero-order valence-corrected chi connectivity index (χ0v) is 19.7. The molecule has 0 spiro atoms. The molecule has 162 valence electrons. The van der Waals surface area contributed by atoms with Crippen molar-refractivity contribution in [3.63, 3.8) is 0 Å². The van der Waals surface area contributed by atoms with Gasteiger partial charge < -0.3 is 5.11 Å². The summed E-state index contributed by atoms with van der Waals surface area (Å²) >= 11 is 0. The zero-order valence-electron chi connectivity index (χ0n) is 19.7. The number of hydrogen-bond acceptors (Lipinski definition) is 1. The average molecular weight is 397 g/mol. The van der Waals surface area contributed by atoms with E-state index < -0.39 is 0 Å². The van der Waals surface area contributed by atoms with Crippen molar-refractivity contribution in [1.82, 2.24) is 0 Å². The fourth-order valence-corrected chi connectivity index (χ4v) is 7.59. The van der Waals surface area contributed by atoms with Crippen LogP contribution in [-0.2, 0) is 0 Å². The standard InChI is InChI=1S/C28H44O/c1-18(2)19(3)7-8-20(4)24-11-12-25-23-10-9-21-17-22(29)13-15-27(21,5)26(23)14-16-28(24,25)6/h7-10,18-20,22,24-26,29H,11-17H2,1-6H3/b8-7+/t19?,20?,22?,24?,25?,26?,27-,28?/m1/s1. The van der Waals surface area contributed by atoms with Gasteiger partial charge in [0, 0.05) is 0 Å². The van der Waals surface area contributed by atoms with Gasteiger partial charge >= 0.3 is 0 Å². The highest BCUT2D eigenvalue weighted by molar-refractivity contribution is 5.39. The largest absolute Gasteiger partial charge is 0.393 e. The van der Waals surface area contributed by atoms with Crippen LogP contribution < -0.4 is 0 Å². The second-order valence-electron chi connectivity index (χ2n) is 11.9. The number of hydrogen-bond donors (Lipinski definition) is 1. The van der Waals surface area contributed by atoms with E-state index in [9.17, 15) is 5.11 Å². The Bertz CT molecular complexity index is 712. The minimum absolute atomic E-state index is 0.116. The molecular weight excluding hydrogens is 352 g/mol. The highest BCUT2D eigenvalue weighted by Gasteiger charge is 2.56. The molecule has 4 aliphatic carbocycles. The summed E-state index contributed by atoms with van der Waals surface area (Å²) in [6.07, 6.45) is 18.4. The van der Waals surface area contributed by atoms with E-state index in [0.717, 1.165) is 36.5 Å². The first kappa shape index (κ1) is 21.4. The van der Waals surface area contributed by atoms with E-state index in [0.29, 0.717) is 22.7 Å². The number of rotatable bonds is 4. The van der Waals surface area contributed by atoms with Crippen molar-refractivity contribution in [2.45, 2.75) is 92.6 Å². The molecule has 1 N–H and O–H groups in total. The van der Waals surface area contributed by atoms with Gasteiger partial charge in [0.1, 0.15) is 0 Å². The van der Waals surface area contributed by atoms with Gasteiger partial charge in [0.2, 0.25) is 0 Å². The highest BCUT2D eigenvalue weighted by Crippen LogP contribution is 2.65. The van der Waals surface area contributed by atoms with E-state index in [1.165, 1.54) is 37.7 Å². The van der Waals surface area contributed by atoms with Gasteiger partial charge in [-0.1, -0.05) is 77.0 Å². The average Bonchev–Trinajstić information content (AvgIpc) is 3.03. The summed E-state index contributed by atoms with van der Waals surface area (Å²) in [5.74, 6) is 4.38. The molecule has 0 bridgehead atoms. The van der Waals surface area contributed by atoms with Crippen LogP contribution in [0.5, 0.6) is 0 Å². The van der Waals surface area contributed by atoms with E-state index in [-0.39, 0.29) is 6.10 Å². The minimum atomic E-state index is -0.116. The van der Waals surface area contributed by atoms with Gasteiger partial charge in [-0.2, -0.15) is 0 Å². The molecule has 29 heavy (non-hydrogen) atoms. The lowest BCUT2D eigenvalue weighted by atomic mass is 9.50. The molecule has 0 aromatic carbocycles. The van der Waals surface area contributed by atoms with Gasteiger partial charge in [-0.3, -0.25) is 0 Å². The molecule has 1 nitrogen and oxygen atoms in total. The molecule has 4 aliphatic rings. The third-order valence-corrected chi connectivity index (χ3v) is 10.0. The molecular formula is C28H44O. The first-order valence-corrected chi connectivity index (χ1v) is 12.4. The summed E-state index contributed by atoms with van der Waals surface area (Å²) in [6, 6.07) is 0. The molecule has 0 amide bonds. The van der Waals surface area contributed by atoms with Gasteiger partial charge in [-0.05, 0) is 91.3 Å². The van der Waals surface area contributed by atoms with Crippen LogP contribution in [0.3, 0.4) is 0 Å². The molecule has 0 aromatic heterocycles.